The number of para-hydroxylation sites is 1. The zero-order chi connectivity index (χ0) is 18.3. The highest BCUT2D eigenvalue weighted by Crippen LogP contribution is 2.31. The Labute approximate surface area is 159 Å². The quantitative estimate of drug-likeness (QED) is 0.373. The molecule has 0 unspecified atom stereocenters. The summed E-state index contributed by atoms with van der Waals surface area (Å²) in [6.45, 7) is 6.26. The molecule has 0 aliphatic carbocycles. The molecule has 0 spiro atoms. The Hall–Kier alpha value is -2.12. The number of thiophene rings is 1. The van der Waals surface area contributed by atoms with Crippen LogP contribution in [0.15, 0.2) is 40.3 Å². The van der Waals surface area contributed by atoms with Crippen molar-refractivity contribution in [3.05, 3.63) is 51.1 Å². The van der Waals surface area contributed by atoms with Gasteiger partial charge in [0.1, 0.15) is 4.83 Å². The van der Waals surface area contributed by atoms with Crippen molar-refractivity contribution in [1.82, 2.24) is 19.2 Å². The maximum Gasteiger partial charge on any atom is 0.268 e. The maximum atomic E-state index is 13.3. The van der Waals surface area contributed by atoms with Gasteiger partial charge in [0.05, 0.1) is 11.1 Å². The van der Waals surface area contributed by atoms with E-state index in [1.54, 1.807) is 27.7 Å². The monoisotopic (exact) mass is 384 g/mol. The largest absolute Gasteiger partial charge is 0.268 e. The number of hydrogen-bond donors (Lipinski definition) is 0. The minimum atomic E-state index is -0.0296. The maximum absolute atomic E-state index is 13.3. The van der Waals surface area contributed by atoms with Crippen LogP contribution in [-0.2, 0) is 0 Å². The predicted molar refractivity (Wildman–Crippen MR) is 109 cm³/mol. The van der Waals surface area contributed by atoms with Gasteiger partial charge in [0, 0.05) is 10.6 Å². The van der Waals surface area contributed by atoms with Crippen LogP contribution in [-0.4, -0.2) is 24.9 Å². The molecular formula is C19H20N4OS2. The summed E-state index contributed by atoms with van der Waals surface area (Å²) in [5.41, 5.74) is 1.82. The Bertz CT molecular complexity index is 1140. The number of thioether (sulfide) groups is 1. The minimum absolute atomic E-state index is 0.0296. The smallest absolute Gasteiger partial charge is 0.268 e. The first-order chi connectivity index (χ1) is 12.6. The van der Waals surface area contributed by atoms with Crippen LogP contribution in [0, 0.1) is 13.8 Å². The summed E-state index contributed by atoms with van der Waals surface area (Å²) in [4.78, 5) is 15.4. The van der Waals surface area contributed by atoms with E-state index in [4.69, 9.17) is 0 Å². The Morgan fingerprint density at radius 2 is 1.92 bits per heavy atom. The number of rotatable bonds is 5. The first-order valence-corrected chi connectivity index (χ1v) is 10.5. The van der Waals surface area contributed by atoms with Gasteiger partial charge in [-0.25, -0.2) is 8.97 Å². The average molecular weight is 385 g/mol. The standard InChI is InChI=1S/C19H20N4OS2/c1-4-5-11-25-19-21-20-18-22(14-9-7-6-8-10-14)16(24)15-12(2)13(3)26-17(15)23(18)19/h6-10H,4-5,11H2,1-3H3. The molecule has 0 atom stereocenters. The van der Waals surface area contributed by atoms with Crippen molar-refractivity contribution in [3.8, 4) is 5.69 Å². The third-order valence-corrected chi connectivity index (χ3v) is 6.75. The van der Waals surface area contributed by atoms with Crippen molar-refractivity contribution >= 4 is 39.1 Å². The molecule has 3 aromatic heterocycles. The molecule has 0 radical (unpaired) electrons. The number of aryl methyl sites for hydroxylation is 2. The summed E-state index contributed by atoms with van der Waals surface area (Å²) in [6, 6.07) is 9.67. The number of aromatic nitrogens is 4. The molecule has 5 nitrogen and oxygen atoms in total. The zero-order valence-electron chi connectivity index (χ0n) is 15.0. The van der Waals surface area contributed by atoms with Gasteiger partial charge in [0.15, 0.2) is 5.16 Å². The molecule has 1 aromatic carbocycles. The highest BCUT2D eigenvalue weighted by Gasteiger charge is 2.21. The molecule has 4 rings (SSSR count). The third kappa shape index (κ3) is 2.66. The topological polar surface area (TPSA) is 52.2 Å². The van der Waals surface area contributed by atoms with E-state index in [1.807, 2.05) is 37.3 Å². The molecule has 0 saturated carbocycles. The fourth-order valence-electron chi connectivity index (χ4n) is 3.02. The van der Waals surface area contributed by atoms with Crippen LogP contribution in [0.3, 0.4) is 0 Å². The molecule has 0 amide bonds. The van der Waals surface area contributed by atoms with Crippen LogP contribution in [0.4, 0.5) is 0 Å². The normalized spacial score (nSPS) is 11.7. The molecule has 0 aliphatic rings. The second-order valence-electron chi connectivity index (χ2n) is 6.26. The SMILES string of the molecule is CCCCSc1nnc2n(-c3ccccc3)c(=O)c3c(C)c(C)sc3n12. The summed E-state index contributed by atoms with van der Waals surface area (Å²) < 4.78 is 3.73. The fourth-order valence-corrected chi connectivity index (χ4v) is 5.24. The lowest BCUT2D eigenvalue weighted by Gasteiger charge is -2.09. The van der Waals surface area contributed by atoms with Crippen LogP contribution in [0.25, 0.3) is 21.7 Å². The van der Waals surface area contributed by atoms with E-state index in [-0.39, 0.29) is 5.56 Å². The van der Waals surface area contributed by atoms with Gasteiger partial charge in [0.2, 0.25) is 5.78 Å². The van der Waals surface area contributed by atoms with Gasteiger partial charge in [-0.2, -0.15) is 0 Å². The predicted octanol–water partition coefficient (Wildman–Crippen LogP) is 4.60. The second-order valence-corrected chi connectivity index (χ2v) is 8.52. The lowest BCUT2D eigenvalue weighted by Crippen LogP contribution is -2.21. The van der Waals surface area contributed by atoms with E-state index in [1.165, 1.54) is 0 Å². The van der Waals surface area contributed by atoms with Gasteiger partial charge in [-0.3, -0.25) is 4.79 Å². The van der Waals surface area contributed by atoms with Gasteiger partial charge in [-0.15, -0.1) is 21.5 Å². The van der Waals surface area contributed by atoms with Crippen molar-refractivity contribution in [3.63, 3.8) is 0 Å². The van der Waals surface area contributed by atoms with Crippen LogP contribution < -0.4 is 5.56 Å². The molecule has 0 fully saturated rings. The van der Waals surface area contributed by atoms with E-state index < -0.39 is 0 Å². The van der Waals surface area contributed by atoms with E-state index in [0.29, 0.717) is 5.78 Å². The summed E-state index contributed by atoms with van der Waals surface area (Å²) >= 11 is 3.34. The van der Waals surface area contributed by atoms with Gasteiger partial charge < -0.3 is 0 Å². The molecule has 0 bridgehead atoms. The van der Waals surface area contributed by atoms with Crippen molar-refractivity contribution in [2.45, 2.75) is 38.8 Å². The van der Waals surface area contributed by atoms with E-state index in [0.717, 1.165) is 50.1 Å². The molecule has 7 heteroatoms. The van der Waals surface area contributed by atoms with Gasteiger partial charge in [-0.1, -0.05) is 43.3 Å². The van der Waals surface area contributed by atoms with Crippen LogP contribution in [0.1, 0.15) is 30.2 Å². The third-order valence-electron chi connectivity index (χ3n) is 4.55. The highest BCUT2D eigenvalue weighted by atomic mass is 32.2. The number of benzene rings is 1. The van der Waals surface area contributed by atoms with Crippen LogP contribution in [0.2, 0.25) is 0 Å². The van der Waals surface area contributed by atoms with Gasteiger partial charge in [0.25, 0.3) is 5.56 Å². The lowest BCUT2D eigenvalue weighted by atomic mass is 10.2. The number of unbranched alkanes of at least 4 members (excludes halogenated alkanes) is 1. The minimum Gasteiger partial charge on any atom is -0.268 e. The Morgan fingerprint density at radius 3 is 2.65 bits per heavy atom. The molecule has 4 aromatic rings. The molecule has 3 heterocycles. The molecule has 0 saturated heterocycles. The summed E-state index contributed by atoms with van der Waals surface area (Å²) in [7, 11) is 0. The number of nitrogens with zero attached hydrogens (tertiary/aromatic N) is 4. The molecule has 26 heavy (non-hydrogen) atoms. The van der Waals surface area contributed by atoms with E-state index >= 15 is 0 Å². The zero-order valence-corrected chi connectivity index (χ0v) is 16.7. The van der Waals surface area contributed by atoms with Crippen LogP contribution >= 0.6 is 23.1 Å². The Morgan fingerprint density at radius 1 is 1.15 bits per heavy atom. The lowest BCUT2D eigenvalue weighted by molar-refractivity contribution is 0.884. The number of fused-ring (bicyclic) bond motifs is 3. The molecule has 0 aliphatic heterocycles. The van der Waals surface area contributed by atoms with Gasteiger partial charge >= 0.3 is 0 Å². The second kappa shape index (κ2) is 6.89. The molecule has 134 valence electrons. The fraction of sp³-hybridized carbons (Fsp3) is 0.316. The summed E-state index contributed by atoms with van der Waals surface area (Å²) in [5.74, 6) is 1.57. The molecular weight excluding hydrogens is 364 g/mol. The first-order valence-electron chi connectivity index (χ1n) is 8.71. The van der Waals surface area contributed by atoms with Crippen molar-refractivity contribution in [2.24, 2.45) is 0 Å². The number of hydrogen-bond acceptors (Lipinski definition) is 5. The average Bonchev–Trinajstić information content (AvgIpc) is 3.18. The van der Waals surface area contributed by atoms with Crippen molar-refractivity contribution in [1.29, 1.82) is 0 Å². The molecule has 0 N–H and O–H groups in total. The van der Waals surface area contributed by atoms with E-state index in [9.17, 15) is 4.79 Å². The Balaban J connectivity index is 2.09. The van der Waals surface area contributed by atoms with Crippen LogP contribution in [0.5, 0.6) is 0 Å². The first kappa shape index (κ1) is 17.3. The highest BCUT2D eigenvalue weighted by molar-refractivity contribution is 7.99. The van der Waals surface area contributed by atoms with E-state index in [2.05, 4.69) is 28.4 Å². The summed E-state index contributed by atoms with van der Waals surface area (Å²) in [5, 5.41) is 10.4. The summed E-state index contributed by atoms with van der Waals surface area (Å²) in [6.07, 6.45) is 2.27. The van der Waals surface area contributed by atoms with Crippen molar-refractivity contribution < 1.29 is 0 Å². The Kier molecular flexibility index (Phi) is 4.58. The van der Waals surface area contributed by atoms with Crippen molar-refractivity contribution in [2.75, 3.05) is 5.75 Å². The van der Waals surface area contributed by atoms with Gasteiger partial charge in [-0.05, 0) is 38.0 Å².